The zero-order chi connectivity index (χ0) is 15.1. The first kappa shape index (κ1) is 14.8. The van der Waals surface area contributed by atoms with Crippen LogP contribution < -0.4 is 10.6 Å². The molecular weight excluding hydrogens is 267 g/mol. The molecule has 0 heterocycles. The maximum absolute atomic E-state index is 13.4. The molecule has 4 heteroatoms. The van der Waals surface area contributed by atoms with Crippen LogP contribution in [-0.4, -0.2) is 6.03 Å². The molecule has 0 aliphatic rings. The Bertz CT molecular complexity index is 653. The molecule has 2 aromatic carbocycles. The Morgan fingerprint density at radius 2 is 1.86 bits per heavy atom. The predicted molar refractivity (Wildman–Crippen MR) is 83.4 cm³/mol. The van der Waals surface area contributed by atoms with E-state index in [4.69, 9.17) is 0 Å². The Hall–Kier alpha value is -2.62. The SMILES string of the molecule is CCc1ccccc1NC(=O)N/C=C/c1ccccc1F. The molecule has 0 atom stereocenters. The highest BCUT2D eigenvalue weighted by Crippen LogP contribution is 2.15. The van der Waals surface area contributed by atoms with Gasteiger partial charge in [0.2, 0.25) is 0 Å². The number of carbonyl (C=O) groups is 1. The molecule has 0 aromatic heterocycles. The molecular formula is C17H17FN2O. The lowest BCUT2D eigenvalue weighted by Crippen LogP contribution is -2.24. The largest absolute Gasteiger partial charge is 0.323 e. The van der Waals surface area contributed by atoms with Crippen molar-refractivity contribution < 1.29 is 9.18 Å². The molecule has 3 nitrogen and oxygen atoms in total. The van der Waals surface area contributed by atoms with Crippen LogP contribution in [0, 0.1) is 5.82 Å². The van der Waals surface area contributed by atoms with Crippen molar-refractivity contribution in [3.8, 4) is 0 Å². The van der Waals surface area contributed by atoms with Crippen LogP contribution in [0.3, 0.4) is 0 Å². The van der Waals surface area contributed by atoms with Crippen molar-refractivity contribution in [3.63, 3.8) is 0 Å². The average molecular weight is 284 g/mol. The summed E-state index contributed by atoms with van der Waals surface area (Å²) in [6, 6.07) is 13.6. The summed E-state index contributed by atoms with van der Waals surface area (Å²) < 4.78 is 13.4. The predicted octanol–water partition coefficient (Wildman–Crippen LogP) is 4.18. The minimum atomic E-state index is -0.358. The van der Waals surface area contributed by atoms with Gasteiger partial charge in [0, 0.05) is 17.5 Å². The maximum atomic E-state index is 13.4. The summed E-state index contributed by atoms with van der Waals surface area (Å²) in [7, 11) is 0. The average Bonchev–Trinajstić information content (AvgIpc) is 2.50. The number of aryl methyl sites for hydroxylation is 1. The van der Waals surface area contributed by atoms with Gasteiger partial charge in [-0.3, -0.25) is 0 Å². The van der Waals surface area contributed by atoms with Gasteiger partial charge in [-0.25, -0.2) is 9.18 Å². The number of urea groups is 1. The van der Waals surface area contributed by atoms with E-state index in [0.29, 0.717) is 5.56 Å². The van der Waals surface area contributed by atoms with Crippen molar-refractivity contribution >= 4 is 17.8 Å². The normalized spacial score (nSPS) is 10.6. The number of anilines is 1. The first-order chi connectivity index (χ1) is 10.2. The second-order valence-electron chi connectivity index (χ2n) is 4.46. The molecule has 2 rings (SSSR count). The quantitative estimate of drug-likeness (QED) is 0.868. The summed E-state index contributed by atoms with van der Waals surface area (Å²) in [5.74, 6) is -0.327. The Kier molecular flexibility index (Phi) is 5.10. The number of amides is 2. The van der Waals surface area contributed by atoms with Gasteiger partial charge in [0.05, 0.1) is 0 Å². The number of carbonyl (C=O) groups excluding carboxylic acids is 1. The van der Waals surface area contributed by atoms with Crippen LogP contribution in [0.1, 0.15) is 18.1 Å². The molecule has 0 unspecified atom stereocenters. The van der Waals surface area contributed by atoms with Crippen molar-refractivity contribution in [2.75, 3.05) is 5.32 Å². The van der Waals surface area contributed by atoms with Crippen molar-refractivity contribution in [1.82, 2.24) is 5.32 Å². The smallest absolute Gasteiger partial charge is 0.314 e. The van der Waals surface area contributed by atoms with E-state index in [9.17, 15) is 9.18 Å². The lowest BCUT2D eigenvalue weighted by molar-refractivity contribution is 0.255. The molecule has 108 valence electrons. The summed E-state index contributed by atoms with van der Waals surface area (Å²) in [6.07, 6.45) is 3.77. The van der Waals surface area contributed by atoms with Gasteiger partial charge in [-0.15, -0.1) is 0 Å². The van der Waals surface area contributed by atoms with Gasteiger partial charge in [0.15, 0.2) is 0 Å². The summed E-state index contributed by atoms with van der Waals surface area (Å²) >= 11 is 0. The molecule has 0 aliphatic heterocycles. The molecule has 0 radical (unpaired) electrons. The Morgan fingerprint density at radius 1 is 1.14 bits per heavy atom. The highest BCUT2D eigenvalue weighted by molar-refractivity contribution is 5.91. The minimum Gasteiger partial charge on any atom is -0.314 e. The minimum absolute atomic E-state index is 0.327. The van der Waals surface area contributed by atoms with E-state index in [2.05, 4.69) is 10.6 Å². The van der Waals surface area contributed by atoms with E-state index >= 15 is 0 Å². The number of benzene rings is 2. The van der Waals surface area contributed by atoms with Gasteiger partial charge < -0.3 is 10.6 Å². The molecule has 0 spiro atoms. The van der Waals surface area contributed by atoms with E-state index in [0.717, 1.165) is 17.7 Å². The third kappa shape index (κ3) is 4.18. The van der Waals surface area contributed by atoms with E-state index in [-0.39, 0.29) is 11.8 Å². The number of nitrogens with one attached hydrogen (secondary N) is 2. The lowest BCUT2D eigenvalue weighted by Gasteiger charge is -2.09. The maximum Gasteiger partial charge on any atom is 0.323 e. The van der Waals surface area contributed by atoms with Crippen LogP contribution in [0.2, 0.25) is 0 Å². The van der Waals surface area contributed by atoms with Gasteiger partial charge >= 0.3 is 6.03 Å². The van der Waals surface area contributed by atoms with Crippen LogP contribution in [0.25, 0.3) is 6.08 Å². The fourth-order valence-corrected chi connectivity index (χ4v) is 1.93. The van der Waals surface area contributed by atoms with E-state index in [1.54, 1.807) is 18.2 Å². The summed E-state index contributed by atoms with van der Waals surface area (Å²) in [5.41, 5.74) is 2.26. The molecule has 0 saturated heterocycles. The highest BCUT2D eigenvalue weighted by Gasteiger charge is 2.03. The number of rotatable bonds is 4. The molecule has 0 saturated carbocycles. The third-order valence-electron chi connectivity index (χ3n) is 3.03. The molecule has 2 N–H and O–H groups in total. The molecule has 0 bridgehead atoms. The zero-order valence-corrected chi connectivity index (χ0v) is 11.8. The fourth-order valence-electron chi connectivity index (χ4n) is 1.93. The van der Waals surface area contributed by atoms with Gasteiger partial charge in [-0.05, 0) is 30.2 Å². The molecule has 21 heavy (non-hydrogen) atoms. The zero-order valence-electron chi connectivity index (χ0n) is 11.8. The van der Waals surface area contributed by atoms with Gasteiger partial charge in [-0.1, -0.05) is 43.3 Å². The van der Waals surface area contributed by atoms with E-state index in [1.807, 2.05) is 31.2 Å². The van der Waals surface area contributed by atoms with Gasteiger partial charge in [0.25, 0.3) is 0 Å². The van der Waals surface area contributed by atoms with Crippen LogP contribution in [0.15, 0.2) is 54.7 Å². The standard InChI is InChI=1S/C17H17FN2O/c1-2-13-7-4-6-10-16(13)20-17(21)19-12-11-14-8-3-5-9-15(14)18/h3-12H,2H2,1H3,(H2,19,20,21)/b12-11+. The van der Waals surface area contributed by atoms with Crippen LogP contribution >= 0.6 is 0 Å². The molecule has 2 aromatic rings. The topological polar surface area (TPSA) is 41.1 Å². The highest BCUT2D eigenvalue weighted by atomic mass is 19.1. The number of para-hydroxylation sites is 1. The second-order valence-corrected chi connectivity index (χ2v) is 4.46. The number of halogens is 1. The van der Waals surface area contributed by atoms with Crippen molar-refractivity contribution in [1.29, 1.82) is 0 Å². The molecule has 2 amide bonds. The monoisotopic (exact) mass is 284 g/mol. The third-order valence-corrected chi connectivity index (χ3v) is 3.03. The lowest BCUT2D eigenvalue weighted by atomic mass is 10.1. The Balaban J connectivity index is 1.95. The van der Waals surface area contributed by atoms with Crippen LogP contribution in [0.4, 0.5) is 14.9 Å². The first-order valence-corrected chi connectivity index (χ1v) is 6.77. The molecule has 0 fully saturated rings. The van der Waals surface area contributed by atoms with Crippen LogP contribution in [-0.2, 0) is 6.42 Å². The van der Waals surface area contributed by atoms with E-state index < -0.39 is 0 Å². The van der Waals surface area contributed by atoms with Crippen molar-refractivity contribution in [2.45, 2.75) is 13.3 Å². The van der Waals surface area contributed by atoms with Crippen molar-refractivity contribution in [2.24, 2.45) is 0 Å². The van der Waals surface area contributed by atoms with Gasteiger partial charge in [-0.2, -0.15) is 0 Å². The van der Waals surface area contributed by atoms with Crippen molar-refractivity contribution in [3.05, 3.63) is 71.7 Å². The summed E-state index contributed by atoms with van der Waals surface area (Å²) in [4.78, 5) is 11.8. The first-order valence-electron chi connectivity index (χ1n) is 6.77. The Morgan fingerprint density at radius 3 is 2.62 bits per heavy atom. The second kappa shape index (κ2) is 7.24. The summed E-state index contributed by atoms with van der Waals surface area (Å²) in [5, 5.41) is 5.33. The fraction of sp³-hybridized carbons (Fsp3) is 0.118. The number of hydrogen-bond donors (Lipinski definition) is 2. The van der Waals surface area contributed by atoms with Gasteiger partial charge in [0.1, 0.15) is 5.82 Å². The van der Waals surface area contributed by atoms with E-state index in [1.165, 1.54) is 18.3 Å². The summed E-state index contributed by atoms with van der Waals surface area (Å²) in [6.45, 7) is 2.02. The number of hydrogen-bond acceptors (Lipinski definition) is 1. The Labute approximate surface area is 123 Å². The van der Waals surface area contributed by atoms with Crippen LogP contribution in [0.5, 0.6) is 0 Å². The molecule has 0 aliphatic carbocycles.